The number of amides is 1. The highest BCUT2D eigenvalue weighted by molar-refractivity contribution is 6.33. The molecule has 19 heavy (non-hydrogen) atoms. The number of nitrogens with two attached hydrogens (primary N) is 1. The third-order valence-electron chi connectivity index (χ3n) is 2.69. The van der Waals surface area contributed by atoms with Crippen molar-refractivity contribution in [2.75, 3.05) is 12.3 Å². The molecule has 1 heterocycles. The Morgan fingerprint density at radius 3 is 2.89 bits per heavy atom. The van der Waals surface area contributed by atoms with E-state index in [9.17, 15) is 4.79 Å². The van der Waals surface area contributed by atoms with Crippen molar-refractivity contribution in [2.24, 2.45) is 7.05 Å². The lowest BCUT2D eigenvalue weighted by molar-refractivity contribution is 0.0954. The van der Waals surface area contributed by atoms with Gasteiger partial charge in [0, 0.05) is 31.8 Å². The second kappa shape index (κ2) is 5.75. The van der Waals surface area contributed by atoms with E-state index < -0.39 is 0 Å². The minimum Gasteiger partial charge on any atom is -0.398 e. The SMILES string of the molecule is Cn1ccc(CCNC(=O)c2ccc(Cl)c(N)c2)n1. The van der Waals surface area contributed by atoms with Crippen molar-refractivity contribution in [2.45, 2.75) is 6.42 Å². The number of anilines is 1. The molecule has 1 aromatic carbocycles. The van der Waals surface area contributed by atoms with Gasteiger partial charge in [-0.15, -0.1) is 0 Å². The molecule has 1 amide bonds. The number of carbonyl (C=O) groups is 1. The molecule has 0 atom stereocenters. The predicted molar refractivity (Wildman–Crippen MR) is 75.1 cm³/mol. The highest BCUT2D eigenvalue weighted by Crippen LogP contribution is 2.19. The van der Waals surface area contributed by atoms with Crippen molar-refractivity contribution in [1.82, 2.24) is 15.1 Å². The van der Waals surface area contributed by atoms with Gasteiger partial charge in [-0.05, 0) is 24.3 Å². The molecule has 0 aliphatic rings. The standard InChI is InChI=1S/C13H15ClN4O/c1-18-7-5-10(17-18)4-6-16-13(19)9-2-3-11(14)12(15)8-9/h2-3,5,7-8H,4,6,15H2,1H3,(H,16,19). The van der Waals surface area contributed by atoms with Crippen LogP contribution in [0.1, 0.15) is 16.1 Å². The summed E-state index contributed by atoms with van der Waals surface area (Å²) < 4.78 is 1.73. The molecule has 0 bridgehead atoms. The first kappa shape index (κ1) is 13.4. The van der Waals surface area contributed by atoms with Gasteiger partial charge >= 0.3 is 0 Å². The number of rotatable bonds is 4. The van der Waals surface area contributed by atoms with Gasteiger partial charge in [0.2, 0.25) is 0 Å². The zero-order chi connectivity index (χ0) is 13.8. The number of benzene rings is 1. The third-order valence-corrected chi connectivity index (χ3v) is 3.04. The summed E-state index contributed by atoms with van der Waals surface area (Å²) in [5.74, 6) is -0.167. The Bertz CT molecular complexity index is 594. The Kier molecular flexibility index (Phi) is 4.06. The van der Waals surface area contributed by atoms with Crippen LogP contribution >= 0.6 is 11.6 Å². The van der Waals surface area contributed by atoms with Gasteiger partial charge in [-0.1, -0.05) is 11.6 Å². The minimum atomic E-state index is -0.167. The minimum absolute atomic E-state index is 0.167. The molecule has 2 rings (SSSR count). The number of nitrogen functional groups attached to an aromatic ring is 1. The quantitative estimate of drug-likeness (QED) is 0.835. The van der Waals surface area contributed by atoms with Gasteiger partial charge in [0.05, 0.1) is 16.4 Å². The lowest BCUT2D eigenvalue weighted by atomic mass is 10.2. The molecular weight excluding hydrogens is 264 g/mol. The van der Waals surface area contributed by atoms with Gasteiger partial charge in [-0.2, -0.15) is 5.10 Å². The number of aromatic nitrogens is 2. The van der Waals surface area contributed by atoms with Gasteiger partial charge in [0.1, 0.15) is 0 Å². The van der Waals surface area contributed by atoms with Crippen LogP contribution in [-0.4, -0.2) is 22.2 Å². The Morgan fingerprint density at radius 1 is 1.47 bits per heavy atom. The zero-order valence-corrected chi connectivity index (χ0v) is 11.3. The van der Waals surface area contributed by atoms with E-state index in [1.165, 1.54) is 0 Å². The fraction of sp³-hybridized carbons (Fsp3) is 0.231. The maximum absolute atomic E-state index is 11.9. The molecule has 6 heteroatoms. The molecule has 0 saturated heterocycles. The zero-order valence-electron chi connectivity index (χ0n) is 10.6. The highest BCUT2D eigenvalue weighted by atomic mass is 35.5. The Hall–Kier alpha value is -2.01. The molecule has 100 valence electrons. The molecule has 5 nitrogen and oxygen atoms in total. The van der Waals surface area contributed by atoms with Crippen LogP contribution in [-0.2, 0) is 13.5 Å². The van der Waals surface area contributed by atoms with E-state index in [4.69, 9.17) is 17.3 Å². The topological polar surface area (TPSA) is 72.9 Å². The number of carbonyl (C=O) groups excluding carboxylic acids is 1. The smallest absolute Gasteiger partial charge is 0.251 e. The fourth-order valence-electron chi connectivity index (χ4n) is 1.69. The third kappa shape index (κ3) is 3.48. The average molecular weight is 279 g/mol. The first-order chi connectivity index (χ1) is 9.06. The summed E-state index contributed by atoms with van der Waals surface area (Å²) in [6, 6.07) is 6.75. The molecular formula is C13H15ClN4O. The maximum Gasteiger partial charge on any atom is 0.251 e. The largest absolute Gasteiger partial charge is 0.398 e. The van der Waals surface area contributed by atoms with Crippen molar-refractivity contribution >= 4 is 23.2 Å². The molecule has 0 radical (unpaired) electrons. The number of hydrogen-bond acceptors (Lipinski definition) is 3. The number of halogens is 1. The van der Waals surface area contributed by atoms with Gasteiger partial charge in [-0.3, -0.25) is 9.48 Å². The first-order valence-electron chi connectivity index (χ1n) is 5.88. The molecule has 0 spiro atoms. The normalized spacial score (nSPS) is 10.4. The second-order valence-electron chi connectivity index (χ2n) is 4.22. The fourth-order valence-corrected chi connectivity index (χ4v) is 1.81. The van der Waals surface area contributed by atoms with Gasteiger partial charge in [-0.25, -0.2) is 0 Å². The first-order valence-corrected chi connectivity index (χ1v) is 6.26. The van der Waals surface area contributed by atoms with Crippen LogP contribution in [0.3, 0.4) is 0 Å². The van der Waals surface area contributed by atoms with Crippen LogP contribution in [0.4, 0.5) is 5.69 Å². The monoisotopic (exact) mass is 278 g/mol. The number of aryl methyl sites for hydroxylation is 1. The molecule has 1 aromatic heterocycles. The van der Waals surface area contributed by atoms with Crippen molar-refractivity contribution < 1.29 is 4.79 Å². The van der Waals surface area contributed by atoms with E-state index in [0.29, 0.717) is 29.2 Å². The summed E-state index contributed by atoms with van der Waals surface area (Å²) in [4.78, 5) is 11.9. The molecule has 0 fully saturated rings. The average Bonchev–Trinajstić information content (AvgIpc) is 2.78. The highest BCUT2D eigenvalue weighted by Gasteiger charge is 2.07. The van der Waals surface area contributed by atoms with E-state index in [0.717, 1.165) is 5.69 Å². The molecule has 2 aromatic rings. The van der Waals surface area contributed by atoms with E-state index in [2.05, 4.69) is 10.4 Å². The van der Waals surface area contributed by atoms with Crippen molar-refractivity contribution in [3.8, 4) is 0 Å². The Labute approximate surface area is 116 Å². The van der Waals surface area contributed by atoms with Crippen LogP contribution in [0, 0.1) is 0 Å². The summed E-state index contributed by atoms with van der Waals surface area (Å²) in [6.45, 7) is 0.526. The lowest BCUT2D eigenvalue weighted by Crippen LogP contribution is -2.25. The second-order valence-corrected chi connectivity index (χ2v) is 4.63. The van der Waals surface area contributed by atoms with Crippen LogP contribution in [0.25, 0.3) is 0 Å². The summed E-state index contributed by atoms with van der Waals surface area (Å²) in [5.41, 5.74) is 7.50. The van der Waals surface area contributed by atoms with Crippen LogP contribution in [0.15, 0.2) is 30.5 Å². The van der Waals surface area contributed by atoms with Gasteiger partial charge in [0.25, 0.3) is 5.91 Å². The van der Waals surface area contributed by atoms with E-state index >= 15 is 0 Å². The molecule has 0 aliphatic carbocycles. The predicted octanol–water partition coefficient (Wildman–Crippen LogP) is 1.63. The lowest BCUT2D eigenvalue weighted by Gasteiger charge is -2.05. The number of nitrogens with zero attached hydrogens (tertiary/aromatic N) is 2. The molecule has 0 saturated carbocycles. The van der Waals surface area contributed by atoms with E-state index in [1.54, 1.807) is 22.9 Å². The summed E-state index contributed by atoms with van der Waals surface area (Å²) in [7, 11) is 1.86. The summed E-state index contributed by atoms with van der Waals surface area (Å²) in [6.07, 6.45) is 2.56. The van der Waals surface area contributed by atoms with Crippen LogP contribution in [0.5, 0.6) is 0 Å². The van der Waals surface area contributed by atoms with E-state index in [-0.39, 0.29) is 5.91 Å². The van der Waals surface area contributed by atoms with Gasteiger partial charge in [0.15, 0.2) is 0 Å². The summed E-state index contributed by atoms with van der Waals surface area (Å²) in [5, 5.41) is 7.50. The van der Waals surface area contributed by atoms with E-state index in [1.807, 2.05) is 19.3 Å². The Balaban J connectivity index is 1.89. The van der Waals surface area contributed by atoms with Crippen molar-refractivity contribution in [1.29, 1.82) is 0 Å². The molecule has 0 aliphatic heterocycles. The van der Waals surface area contributed by atoms with Crippen LogP contribution in [0.2, 0.25) is 5.02 Å². The summed E-state index contributed by atoms with van der Waals surface area (Å²) >= 11 is 5.80. The number of nitrogens with one attached hydrogen (secondary N) is 1. The van der Waals surface area contributed by atoms with Crippen LogP contribution < -0.4 is 11.1 Å². The Morgan fingerprint density at radius 2 is 2.26 bits per heavy atom. The molecule has 0 unspecified atom stereocenters. The number of hydrogen-bond donors (Lipinski definition) is 2. The van der Waals surface area contributed by atoms with Crippen molar-refractivity contribution in [3.63, 3.8) is 0 Å². The maximum atomic E-state index is 11.9. The van der Waals surface area contributed by atoms with Crippen molar-refractivity contribution in [3.05, 3.63) is 46.7 Å². The molecule has 3 N–H and O–H groups in total. The van der Waals surface area contributed by atoms with Gasteiger partial charge < -0.3 is 11.1 Å².